The Hall–Kier alpha value is -2.69. The van der Waals surface area contributed by atoms with Crippen molar-refractivity contribution in [2.45, 2.75) is 17.9 Å². The van der Waals surface area contributed by atoms with Gasteiger partial charge in [0.05, 0.1) is 4.90 Å². The second kappa shape index (κ2) is 9.21. The molecule has 2 aromatic rings. The average Bonchev–Trinajstić information content (AvgIpc) is 3.22. The van der Waals surface area contributed by atoms with Gasteiger partial charge in [-0.3, -0.25) is 9.69 Å². The molecular formula is C21H24FN3O5S. The second-order valence-corrected chi connectivity index (χ2v) is 9.21. The molecule has 0 bridgehead atoms. The van der Waals surface area contributed by atoms with E-state index in [1.807, 2.05) is 18.2 Å². The number of amides is 1. The Balaban J connectivity index is 1.21. The van der Waals surface area contributed by atoms with Crippen LogP contribution in [-0.2, 0) is 21.4 Å². The van der Waals surface area contributed by atoms with E-state index in [9.17, 15) is 17.6 Å². The number of carbonyl (C=O) groups is 1. The third kappa shape index (κ3) is 5.33. The highest BCUT2D eigenvalue weighted by Crippen LogP contribution is 2.32. The van der Waals surface area contributed by atoms with Gasteiger partial charge in [0.2, 0.25) is 22.7 Å². The number of hydrogen-bond donors (Lipinski definition) is 1. The molecule has 2 heterocycles. The van der Waals surface area contributed by atoms with Gasteiger partial charge in [-0.25, -0.2) is 17.5 Å². The first-order chi connectivity index (χ1) is 14.9. The largest absolute Gasteiger partial charge is 0.454 e. The van der Waals surface area contributed by atoms with Gasteiger partial charge >= 0.3 is 0 Å². The predicted molar refractivity (Wildman–Crippen MR) is 111 cm³/mol. The zero-order valence-electron chi connectivity index (χ0n) is 16.9. The fourth-order valence-corrected chi connectivity index (χ4v) is 4.63. The SMILES string of the molecule is O=C(CCNS(=O)(=O)c1ccc(F)cc1)N1CCN(Cc2ccc3c(c2)OCO3)CC1. The summed E-state index contributed by atoms with van der Waals surface area (Å²) in [4.78, 5) is 16.4. The number of fused-ring (bicyclic) bond motifs is 1. The number of rotatable bonds is 7. The Bertz CT molecular complexity index is 1040. The van der Waals surface area contributed by atoms with Gasteiger partial charge in [0.15, 0.2) is 11.5 Å². The lowest BCUT2D eigenvalue weighted by molar-refractivity contribution is -0.132. The maximum atomic E-state index is 13.0. The van der Waals surface area contributed by atoms with Crippen LogP contribution < -0.4 is 14.2 Å². The minimum absolute atomic E-state index is 0.00401. The molecule has 0 aromatic heterocycles. The number of nitrogens with zero attached hydrogens (tertiary/aromatic N) is 2. The van der Waals surface area contributed by atoms with Crippen molar-refractivity contribution in [2.24, 2.45) is 0 Å². The highest BCUT2D eigenvalue weighted by molar-refractivity contribution is 7.89. The van der Waals surface area contributed by atoms with Crippen LogP contribution in [0.4, 0.5) is 4.39 Å². The van der Waals surface area contributed by atoms with Crippen LogP contribution in [0, 0.1) is 5.82 Å². The van der Waals surface area contributed by atoms with Crippen LogP contribution in [0.2, 0.25) is 0 Å². The van der Waals surface area contributed by atoms with E-state index in [2.05, 4.69) is 9.62 Å². The highest BCUT2D eigenvalue weighted by atomic mass is 32.2. The lowest BCUT2D eigenvalue weighted by Crippen LogP contribution is -2.48. The molecule has 166 valence electrons. The molecule has 31 heavy (non-hydrogen) atoms. The molecule has 2 aliphatic rings. The van der Waals surface area contributed by atoms with E-state index < -0.39 is 15.8 Å². The first-order valence-corrected chi connectivity index (χ1v) is 11.5. The smallest absolute Gasteiger partial charge is 0.240 e. The van der Waals surface area contributed by atoms with Crippen molar-refractivity contribution in [1.29, 1.82) is 0 Å². The van der Waals surface area contributed by atoms with Gasteiger partial charge < -0.3 is 14.4 Å². The van der Waals surface area contributed by atoms with Crippen molar-refractivity contribution in [3.8, 4) is 11.5 Å². The van der Waals surface area contributed by atoms with Gasteiger partial charge in [-0.2, -0.15) is 0 Å². The lowest BCUT2D eigenvalue weighted by Gasteiger charge is -2.34. The molecule has 1 amide bonds. The Labute approximate surface area is 180 Å². The number of carbonyl (C=O) groups excluding carboxylic acids is 1. The number of ether oxygens (including phenoxy) is 2. The average molecular weight is 450 g/mol. The van der Waals surface area contributed by atoms with Crippen LogP contribution in [0.1, 0.15) is 12.0 Å². The van der Waals surface area contributed by atoms with Crippen molar-refractivity contribution in [1.82, 2.24) is 14.5 Å². The van der Waals surface area contributed by atoms with Crippen molar-refractivity contribution in [3.63, 3.8) is 0 Å². The maximum Gasteiger partial charge on any atom is 0.240 e. The molecule has 0 saturated carbocycles. The van der Waals surface area contributed by atoms with E-state index in [0.717, 1.165) is 48.8 Å². The predicted octanol–water partition coefficient (Wildman–Crippen LogP) is 1.57. The van der Waals surface area contributed by atoms with E-state index in [0.29, 0.717) is 13.1 Å². The topological polar surface area (TPSA) is 88.2 Å². The Kier molecular flexibility index (Phi) is 6.40. The Morgan fingerprint density at radius 1 is 1.00 bits per heavy atom. The minimum atomic E-state index is -3.77. The van der Waals surface area contributed by atoms with Crippen LogP contribution in [0.3, 0.4) is 0 Å². The summed E-state index contributed by atoms with van der Waals surface area (Å²) in [6.45, 7) is 3.66. The number of sulfonamides is 1. The fourth-order valence-electron chi connectivity index (χ4n) is 3.60. The van der Waals surface area contributed by atoms with Crippen LogP contribution in [0.5, 0.6) is 11.5 Å². The molecule has 0 spiro atoms. The third-order valence-electron chi connectivity index (χ3n) is 5.32. The van der Waals surface area contributed by atoms with Crippen molar-refractivity contribution < 1.29 is 27.1 Å². The molecule has 1 fully saturated rings. The highest BCUT2D eigenvalue weighted by Gasteiger charge is 2.22. The second-order valence-electron chi connectivity index (χ2n) is 7.45. The zero-order chi connectivity index (χ0) is 21.8. The van der Waals surface area contributed by atoms with E-state index in [1.165, 1.54) is 12.1 Å². The summed E-state index contributed by atoms with van der Waals surface area (Å²) in [5.41, 5.74) is 1.12. The van der Waals surface area contributed by atoms with Gasteiger partial charge in [-0.05, 0) is 42.0 Å². The Morgan fingerprint density at radius 3 is 2.45 bits per heavy atom. The molecule has 8 nitrogen and oxygen atoms in total. The van der Waals surface area contributed by atoms with Gasteiger partial charge in [-0.15, -0.1) is 0 Å². The van der Waals surface area contributed by atoms with Crippen molar-refractivity contribution in [2.75, 3.05) is 39.5 Å². The molecule has 0 atom stereocenters. The van der Waals surface area contributed by atoms with Gasteiger partial charge in [-0.1, -0.05) is 6.07 Å². The summed E-state index contributed by atoms with van der Waals surface area (Å²) >= 11 is 0. The zero-order valence-corrected chi connectivity index (χ0v) is 17.7. The fraction of sp³-hybridized carbons (Fsp3) is 0.381. The first-order valence-electron chi connectivity index (χ1n) is 10.0. The Morgan fingerprint density at radius 2 is 1.71 bits per heavy atom. The molecular weight excluding hydrogens is 425 g/mol. The van der Waals surface area contributed by atoms with E-state index in [-0.39, 0.29) is 30.6 Å². The minimum Gasteiger partial charge on any atom is -0.454 e. The summed E-state index contributed by atoms with van der Waals surface area (Å²) < 4.78 is 50.5. The lowest BCUT2D eigenvalue weighted by atomic mass is 10.1. The standard InChI is InChI=1S/C21H24FN3O5S/c22-17-2-4-18(5-3-17)31(27,28)23-8-7-21(26)25-11-9-24(10-12-25)14-16-1-6-19-20(13-16)30-15-29-19/h1-6,13,23H,7-12,14-15H2. The number of halogens is 1. The summed E-state index contributed by atoms with van der Waals surface area (Å²) in [6, 6.07) is 10.5. The summed E-state index contributed by atoms with van der Waals surface area (Å²) in [5, 5.41) is 0. The molecule has 2 aromatic carbocycles. The molecule has 10 heteroatoms. The molecule has 2 aliphatic heterocycles. The summed E-state index contributed by atoms with van der Waals surface area (Å²) in [6.07, 6.45) is 0.0720. The first kappa shape index (κ1) is 21.5. The van der Waals surface area contributed by atoms with Crippen molar-refractivity contribution in [3.05, 3.63) is 53.8 Å². The molecule has 1 saturated heterocycles. The summed E-state index contributed by atoms with van der Waals surface area (Å²) in [7, 11) is -3.77. The quantitative estimate of drug-likeness (QED) is 0.691. The van der Waals surface area contributed by atoms with Crippen LogP contribution in [0.25, 0.3) is 0 Å². The van der Waals surface area contributed by atoms with E-state index in [4.69, 9.17) is 9.47 Å². The number of piperazine rings is 1. The maximum absolute atomic E-state index is 13.0. The number of nitrogens with one attached hydrogen (secondary N) is 1. The molecule has 0 radical (unpaired) electrons. The van der Waals surface area contributed by atoms with Gasteiger partial charge in [0.1, 0.15) is 5.82 Å². The van der Waals surface area contributed by atoms with Crippen LogP contribution in [0.15, 0.2) is 47.4 Å². The molecule has 0 aliphatic carbocycles. The molecule has 4 rings (SSSR count). The van der Waals surface area contributed by atoms with E-state index in [1.54, 1.807) is 4.90 Å². The molecule has 0 unspecified atom stereocenters. The monoisotopic (exact) mass is 449 g/mol. The normalized spacial score (nSPS) is 16.5. The van der Waals surface area contributed by atoms with E-state index >= 15 is 0 Å². The summed E-state index contributed by atoms with van der Waals surface area (Å²) in [5.74, 6) is 0.917. The van der Waals surface area contributed by atoms with Gasteiger partial charge in [0.25, 0.3) is 0 Å². The number of hydrogen-bond acceptors (Lipinski definition) is 6. The molecule has 1 N–H and O–H groups in total. The van der Waals surface area contributed by atoms with Crippen LogP contribution in [-0.4, -0.2) is 63.6 Å². The van der Waals surface area contributed by atoms with Gasteiger partial charge in [0, 0.05) is 45.7 Å². The van der Waals surface area contributed by atoms with Crippen LogP contribution >= 0.6 is 0 Å². The van der Waals surface area contributed by atoms with Crippen molar-refractivity contribution >= 4 is 15.9 Å². The third-order valence-corrected chi connectivity index (χ3v) is 6.80. The number of benzene rings is 2.